The first-order chi connectivity index (χ1) is 49.3. The summed E-state index contributed by atoms with van der Waals surface area (Å²) in [5.74, 6) is 1.89. The molecule has 0 spiro atoms. The molecule has 0 radical (unpaired) electrons. The molecular weight excluding hydrogens is 1350 g/mol. The number of alkyl halides is 2. The first-order valence-corrected chi connectivity index (χ1v) is 52.6. The number of rotatable bonds is 0. The molecule has 12 aliphatic carbocycles. The van der Waals surface area contributed by atoms with Crippen molar-refractivity contribution >= 4 is 32.7 Å². The molecule has 13 aliphatic rings. The molecule has 6 bridgehead atoms. The third-order valence-electron chi connectivity index (χ3n) is 28.2. The van der Waals surface area contributed by atoms with E-state index >= 15 is 0 Å². The largest absolute Gasteiger partial charge is 0.260 e. The van der Waals surface area contributed by atoms with Crippen LogP contribution in [0.1, 0.15) is 346 Å². The van der Waals surface area contributed by atoms with Gasteiger partial charge in [0, 0.05) is 65.6 Å². The number of hydrogen-bond acceptors (Lipinski definition) is 6. The summed E-state index contributed by atoms with van der Waals surface area (Å²) in [5.41, 5.74) is 14.5. The molecule has 1 aliphatic heterocycles. The van der Waals surface area contributed by atoms with Gasteiger partial charge in [0.2, 0.25) is 0 Å². The molecule has 4 heterocycles. The summed E-state index contributed by atoms with van der Waals surface area (Å²) in [6.45, 7) is 85.1. The molecule has 6 nitrogen and oxygen atoms in total. The zero-order valence-corrected chi connectivity index (χ0v) is 77.7. The van der Waals surface area contributed by atoms with Crippen molar-refractivity contribution in [3.8, 4) is 0 Å². The van der Waals surface area contributed by atoms with Crippen LogP contribution < -0.4 is 10.4 Å². The summed E-state index contributed by atoms with van der Waals surface area (Å²) in [4.78, 5) is 18.0. The van der Waals surface area contributed by atoms with Crippen molar-refractivity contribution in [1.82, 2.24) is 30.1 Å². The lowest BCUT2D eigenvalue weighted by Crippen LogP contribution is -2.68. The number of hydrogen-bond donors (Lipinski definition) is 0. The summed E-state index contributed by atoms with van der Waals surface area (Å²) in [6.07, 6.45) is 13.9. The van der Waals surface area contributed by atoms with Crippen LogP contribution in [0.2, 0.25) is 39.3 Å². The number of benzene rings is 4. The number of aromatic nitrogens is 6. The normalized spacial score (nSPS) is 26.5. The van der Waals surface area contributed by atoms with E-state index in [0.717, 1.165) is 29.6 Å². The fraction of sp³-hybridized carbons (Fsp3) is 0.621. The van der Waals surface area contributed by atoms with Gasteiger partial charge in [0.15, 0.2) is 0 Å². The van der Waals surface area contributed by atoms with E-state index in [1.54, 1.807) is 75.6 Å². The second kappa shape index (κ2) is 34.5. The predicted octanol–water partition coefficient (Wildman–Crippen LogP) is 26.7. The van der Waals surface area contributed by atoms with Gasteiger partial charge < -0.3 is 0 Å². The molecule has 3 saturated carbocycles. The number of fused-ring (bicyclic) bond motifs is 4. The van der Waals surface area contributed by atoms with Crippen molar-refractivity contribution in [2.24, 2.45) is 10.8 Å². The molecule has 20 rings (SSSR count). The quantitative estimate of drug-likeness (QED) is 0.141. The van der Waals surface area contributed by atoms with Crippen molar-refractivity contribution in [1.29, 1.82) is 0 Å². The van der Waals surface area contributed by atoms with E-state index in [-0.39, 0.29) is 56.2 Å². The third-order valence-corrected chi connectivity index (χ3v) is 69.9. The Morgan fingerprint density at radius 2 is 0.642 bits per heavy atom. The molecule has 3 fully saturated rings. The number of halogens is 2. The Kier molecular flexibility index (Phi) is 30.3. The van der Waals surface area contributed by atoms with E-state index in [2.05, 4.69) is 279 Å². The molecule has 4 aromatic carbocycles. The summed E-state index contributed by atoms with van der Waals surface area (Å²) >= 11 is 0. The highest BCUT2D eigenvalue weighted by Gasteiger charge is 2.67. The molecule has 106 heavy (non-hydrogen) atoms. The highest BCUT2D eigenvalue weighted by Crippen LogP contribution is 2.68. The van der Waals surface area contributed by atoms with E-state index in [1.807, 2.05) is 103 Å². The second-order valence-electron chi connectivity index (χ2n) is 36.3. The van der Waals surface area contributed by atoms with Crippen LogP contribution in [0, 0.1) is 10.8 Å². The van der Waals surface area contributed by atoms with Crippen molar-refractivity contribution in [2.75, 3.05) is 0 Å². The van der Waals surface area contributed by atoms with Crippen LogP contribution in [0.25, 0.3) is 0 Å². The van der Waals surface area contributed by atoms with Gasteiger partial charge in [-0.1, -0.05) is 374 Å². The third kappa shape index (κ3) is 15.8. The van der Waals surface area contributed by atoms with Gasteiger partial charge in [-0.05, 0) is 116 Å². The van der Waals surface area contributed by atoms with Crippen molar-refractivity contribution in [3.05, 3.63) is 202 Å². The first kappa shape index (κ1) is 93.0. The van der Waals surface area contributed by atoms with Crippen LogP contribution in [-0.2, 0) is 54.7 Å². The van der Waals surface area contributed by atoms with Gasteiger partial charge in [-0.25, -0.2) is 13.8 Å². The Morgan fingerprint density at radius 3 is 1.02 bits per heavy atom. The van der Waals surface area contributed by atoms with Crippen molar-refractivity contribution < 1.29 is 8.78 Å². The zero-order valence-electron chi connectivity index (χ0n) is 74.7. The maximum Gasteiger partial charge on any atom is 0.143 e. The van der Waals surface area contributed by atoms with Crippen molar-refractivity contribution in [3.63, 3.8) is 0 Å². The van der Waals surface area contributed by atoms with E-state index in [1.165, 1.54) is 48.3 Å². The summed E-state index contributed by atoms with van der Waals surface area (Å²) < 4.78 is 27.4. The molecule has 0 saturated heterocycles. The minimum Gasteiger partial charge on any atom is -0.260 e. The molecule has 0 N–H and O–H groups in total. The van der Waals surface area contributed by atoms with Crippen LogP contribution in [-0.4, -0.2) is 52.4 Å². The second-order valence-corrected chi connectivity index (χ2v) is 63.6. The topological polar surface area (TPSA) is 77.3 Å². The molecule has 11 heteroatoms. The van der Waals surface area contributed by atoms with Crippen molar-refractivity contribution in [2.45, 2.75) is 372 Å². The summed E-state index contributed by atoms with van der Waals surface area (Å²) in [7, 11) is -3.27. The van der Waals surface area contributed by atoms with Gasteiger partial charge in [-0.15, -0.1) is 5.10 Å². The average molecular weight is 1500 g/mol. The highest BCUT2D eigenvalue weighted by molar-refractivity contribution is 7.76. The Labute approximate surface area is 652 Å². The lowest BCUT2D eigenvalue weighted by molar-refractivity contribution is -0.0666. The van der Waals surface area contributed by atoms with Crippen LogP contribution >= 0.6 is 0 Å². The van der Waals surface area contributed by atoms with Gasteiger partial charge in [0.1, 0.15) is 17.7 Å². The van der Waals surface area contributed by atoms with E-state index in [4.69, 9.17) is 0 Å². The Bertz CT molecular complexity index is 3470. The molecule has 0 unspecified atom stereocenters. The van der Waals surface area contributed by atoms with Gasteiger partial charge >= 0.3 is 0 Å². The SMILES string of the molecule is CC.CC.CC.CC.CC.CC.CC.CC1(C)CC(C)(C)c2nncnc21.CC1(C)c2cccnc2C(C)(C)C1(C)C.CC1(C)c2nccnc2C(C)(C)C1(C)C.CC12CC(C)(C1)c1ccccc12.C[Si]1(C)c2ccccc2[Si](C)(C)[Si]1(C)C.FC12CC(F)(C1)c1ccccc12.c1ccc2c(c1)C1CC2C1. The van der Waals surface area contributed by atoms with Gasteiger partial charge in [-0.2, -0.15) is 5.10 Å². The highest BCUT2D eigenvalue weighted by atomic mass is 29.6. The predicted molar refractivity (Wildman–Crippen MR) is 467 cm³/mol. The monoisotopic (exact) mass is 1500 g/mol. The van der Waals surface area contributed by atoms with E-state index in [9.17, 15) is 8.78 Å². The Hall–Kier alpha value is -5.37. The summed E-state index contributed by atoms with van der Waals surface area (Å²) in [5, 5.41) is 11.6. The molecular formula is C95H152F2N6Si3. The smallest absolute Gasteiger partial charge is 0.143 e. The Morgan fingerprint density at radius 1 is 0.321 bits per heavy atom. The molecule has 3 aromatic heterocycles. The van der Waals surface area contributed by atoms with Gasteiger partial charge in [-0.3, -0.25) is 15.0 Å². The maximum atomic E-state index is 13.7. The van der Waals surface area contributed by atoms with Gasteiger partial charge in [0.25, 0.3) is 0 Å². The first-order valence-electron chi connectivity index (χ1n) is 41.6. The van der Waals surface area contributed by atoms with Crippen LogP contribution in [0.15, 0.2) is 134 Å². The lowest BCUT2D eigenvalue weighted by Gasteiger charge is -2.44. The lowest BCUT2D eigenvalue weighted by atomic mass is 9.59. The molecule has 7 aromatic rings. The van der Waals surface area contributed by atoms with E-state index < -0.39 is 33.6 Å². The number of nitrogens with zero attached hydrogens (tertiary/aromatic N) is 6. The zero-order chi connectivity index (χ0) is 81.5. The molecule has 0 amide bonds. The van der Waals surface area contributed by atoms with Crippen LogP contribution in [0.3, 0.4) is 0 Å². The minimum absolute atomic E-state index is 0.0410. The molecule has 0 atom stereocenters. The fourth-order valence-electron chi connectivity index (χ4n) is 19.4. The average Bonchev–Trinajstić information content (AvgIpc) is 1.54. The van der Waals surface area contributed by atoms with E-state index in [0.29, 0.717) is 22.0 Å². The van der Waals surface area contributed by atoms with Crippen LogP contribution in [0.4, 0.5) is 8.78 Å². The maximum absolute atomic E-state index is 13.7. The molecule has 588 valence electrons. The van der Waals surface area contributed by atoms with Gasteiger partial charge in [0.05, 0.1) is 43.7 Å². The Balaban J connectivity index is 0.000000255. The summed E-state index contributed by atoms with van der Waals surface area (Å²) in [6, 6.07) is 38.5. The fourth-order valence-corrected chi connectivity index (χ4v) is 54.0. The van der Waals surface area contributed by atoms with Crippen LogP contribution in [0.5, 0.6) is 0 Å². The minimum atomic E-state index is -1.34. The standard InChI is InChI=1S/C14H21N.C13H20N2.C12H22Si3.C12H14.C10H8F2.C10H15N3.C10H10.7C2H6/c1-12(2)10-8-7-9-15-11(10)13(3,4)14(12,5)6;1-11(2)9-10(15-8-7-14-9)12(3,4)13(11,5)6;1-13(2)11-9-7-8-10-12(11)14(3,4)15(13,5)6;1-11-7-12(2,8-11)10-6-4-3-5-9(10)11;11-9-5-10(12,6-9)8-4-2-1-3-7(8)9;1-9(2)5-10(3,4)8-7(9)11-6-12-13-8;1-2-4-10-8-5-7(6-8)9(10)3-1;7*1-2/h7-9H,1-6H3;7-8H,1-6H3;7-10H,1-6H3;3-6H,7-8H2,1-2H3;1-4H,5-6H2;6H,5H2,1-4H3;1-4,7-8H,5-6H2;7*1-2H3. The number of pyridine rings is 1.